The number of amides is 1. The van der Waals surface area contributed by atoms with Crippen molar-refractivity contribution >= 4 is 17.6 Å². The van der Waals surface area contributed by atoms with Crippen molar-refractivity contribution in [2.45, 2.75) is 0 Å². The van der Waals surface area contributed by atoms with Crippen molar-refractivity contribution in [2.75, 3.05) is 5.32 Å². The Bertz CT molecular complexity index is 548. The largest absolute Gasteiger partial charge is 0.476 e. The second-order valence-electron chi connectivity index (χ2n) is 3.20. The van der Waals surface area contributed by atoms with E-state index in [9.17, 15) is 9.59 Å². The topological polar surface area (TPSA) is 92.4 Å². The molecule has 0 spiro atoms. The molecule has 1 aromatic carbocycles. The molecule has 0 radical (unpaired) electrons. The van der Waals surface area contributed by atoms with E-state index in [1.54, 1.807) is 30.3 Å². The zero-order chi connectivity index (χ0) is 12.3. The predicted molar refractivity (Wildman–Crippen MR) is 57.9 cm³/mol. The molecule has 1 amide bonds. The van der Waals surface area contributed by atoms with Crippen LogP contribution in [0.2, 0.25) is 0 Å². The third-order valence-corrected chi connectivity index (χ3v) is 2.05. The molecule has 86 valence electrons. The molecule has 0 atom stereocenters. The number of carbonyl (C=O) groups is 2. The van der Waals surface area contributed by atoms with Gasteiger partial charge in [0.15, 0.2) is 0 Å². The molecule has 0 fully saturated rings. The minimum Gasteiger partial charge on any atom is -0.476 e. The zero-order valence-corrected chi connectivity index (χ0v) is 8.58. The first-order valence-electron chi connectivity index (χ1n) is 4.72. The summed E-state index contributed by atoms with van der Waals surface area (Å²) in [6.45, 7) is 0. The van der Waals surface area contributed by atoms with Crippen LogP contribution < -0.4 is 5.32 Å². The first-order chi connectivity index (χ1) is 8.18. The number of aromatic nitrogens is 1. The Labute approximate surface area is 95.9 Å². The highest BCUT2D eigenvalue weighted by Gasteiger charge is 2.21. The molecule has 0 aliphatic heterocycles. The lowest BCUT2D eigenvalue weighted by molar-refractivity contribution is 0.0682. The van der Waals surface area contributed by atoms with E-state index in [1.165, 1.54) is 0 Å². The van der Waals surface area contributed by atoms with Crippen LogP contribution in [0, 0.1) is 0 Å². The summed E-state index contributed by atoms with van der Waals surface area (Å²) in [7, 11) is 0. The molecule has 1 aromatic heterocycles. The van der Waals surface area contributed by atoms with Crippen molar-refractivity contribution in [1.29, 1.82) is 0 Å². The molecule has 6 nitrogen and oxygen atoms in total. The Kier molecular flexibility index (Phi) is 2.87. The van der Waals surface area contributed by atoms with Crippen LogP contribution in [0.3, 0.4) is 0 Å². The number of carboxylic acids is 1. The molecule has 2 rings (SSSR count). The van der Waals surface area contributed by atoms with Crippen molar-refractivity contribution in [2.24, 2.45) is 0 Å². The normalized spacial score (nSPS) is 9.88. The van der Waals surface area contributed by atoms with Gasteiger partial charge in [-0.1, -0.05) is 23.4 Å². The van der Waals surface area contributed by atoms with Crippen LogP contribution in [0.5, 0.6) is 0 Å². The van der Waals surface area contributed by atoms with Crippen molar-refractivity contribution in [1.82, 2.24) is 5.16 Å². The van der Waals surface area contributed by atoms with E-state index in [0.29, 0.717) is 5.69 Å². The maximum atomic E-state index is 11.7. The first kappa shape index (κ1) is 10.9. The molecular formula is C11H8N2O4. The molecule has 0 aliphatic rings. The van der Waals surface area contributed by atoms with Gasteiger partial charge in [0.25, 0.3) is 5.91 Å². The highest BCUT2D eigenvalue weighted by molar-refractivity contribution is 6.09. The monoisotopic (exact) mass is 232 g/mol. The second kappa shape index (κ2) is 4.48. The molecule has 0 aliphatic carbocycles. The van der Waals surface area contributed by atoms with E-state index in [1.807, 2.05) is 0 Å². The lowest BCUT2D eigenvalue weighted by Crippen LogP contribution is -2.15. The van der Waals surface area contributed by atoms with Gasteiger partial charge >= 0.3 is 5.97 Å². The lowest BCUT2D eigenvalue weighted by atomic mass is 10.2. The number of benzene rings is 1. The third kappa shape index (κ3) is 2.31. The highest BCUT2D eigenvalue weighted by atomic mass is 16.5. The Morgan fingerprint density at radius 2 is 1.94 bits per heavy atom. The fourth-order valence-corrected chi connectivity index (χ4v) is 1.27. The maximum Gasteiger partial charge on any atom is 0.358 e. The average Bonchev–Trinajstić information content (AvgIpc) is 2.79. The highest BCUT2D eigenvalue weighted by Crippen LogP contribution is 2.11. The summed E-state index contributed by atoms with van der Waals surface area (Å²) in [6, 6.07) is 8.68. The summed E-state index contributed by atoms with van der Waals surface area (Å²) in [5.41, 5.74) is 0.0508. The number of hydrogen-bond acceptors (Lipinski definition) is 4. The van der Waals surface area contributed by atoms with E-state index in [4.69, 9.17) is 5.11 Å². The summed E-state index contributed by atoms with van der Waals surface area (Å²) < 4.78 is 4.47. The molecule has 0 bridgehead atoms. The zero-order valence-electron chi connectivity index (χ0n) is 8.58. The quantitative estimate of drug-likeness (QED) is 0.838. The molecule has 0 unspecified atom stereocenters. The van der Waals surface area contributed by atoms with E-state index in [-0.39, 0.29) is 5.56 Å². The number of carboxylic acid groups (broad SMARTS) is 1. The number of hydrogen-bond donors (Lipinski definition) is 2. The summed E-state index contributed by atoms with van der Waals surface area (Å²) in [5, 5.41) is 14.5. The number of rotatable bonds is 3. The second-order valence-corrected chi connectivity index (χ2v) is 3.20. The summed E-state index contributed by atoms with van der Waals surface area (Å²) in [4.78, 5) is 22.5. The number of carbonyl (C=O) groups excluding carboxylic acids is 1. The van der Waals surface area contributed by atoms with Crippen molar-refractivity contribution in [3.05, 3.63) is 47.9 Å². The van der Waals surface area contributed by atoms with Crippen LogP contribution in [0.1, 0.15) is 20.8 Å². The molecule has 17 heavy (non-hydrogen) atoms. The van der Waals surface area contributed by atoms with Crippen molar-refractivity contribution < 1.29 is 19.2 Å². The van der Waals surface area contributed by atoms with Gasteiger partial charge in [-0.15, -0.1) is 0 Å². The van der Waals surface area contributed by atoms with Crippen LogP contribution in [0.15, 0.2) is 41.1 Å². The molecule has 1 heterocycles. The lowest BCUT2D eigenvalue weighted by Gasteiger charge is -2.02. The van der Waals surface area contributed by atoms with Gasteiger partial charge in [-0.05, 0) is 12.1 Å². The van der Waals surface area contributed by atoms with Crippen LogP contribution in [-0.2, 0) is 0 Å². The van der Waals surface area contributed by atoms with Gasteiger partial charge in [-0.3, -0.25) is 4.79 Å². The van der Waals surface area contributed by atoms with Crippen LogP contribution in [0.25, 0.3) is 0 Å². The Morgan fingerprint density at radius 3 is 2.59 bits per heavy atom. The van der Waals surface area contributed by atoms with E-state index < -0.39 is 17.6 Å². The van der Waals surface area contributed by atoms with Gasteiger partial charge in [0.05, 0.1) is 0 Å². The van der Waals surface area contributed by atoms with Gasteiger partial charge in [-0.25, -0.2) is 4.79 Å². The van der Waals surface area contributed by atoms with Gasteiger partial charge in [0.1, 0.15) is 11.8 Å². The van der Waals surface area contributed by atoms with Crippen molar-refractivity contribution in [3.8, 4) is 0 Å². The standard InChI is InChI=1S/C11H8N2O4/c14-10(12-7-4-2-1-3-5-7)8-6-17-13-9(8)11(15)16/h1-6H,(H,12,14)(H,15,16). The van der Waals surface area contributed by atoms with Gasteiger partial charge < -0.3 is 14.9 Å². The smallest absolute Gasteiger partial charge is 0.358 e. The van der Waals surface area contributed by atoms with Gasteiger partial charge in [0.2, 0.25) is 5.69 Å². The van der Waals surface area contributed by atoms with Crippen LogP contribution >= 0.6 is 0 Å². The van der Waals surface area contributed by atoms with Crippen LogP contribution in [0.4, 0.5) is 5.69 Å². The van der Waals surface area contributed by atoms with Gasteiger partial charge in [-0.2, -0.15) is 0 Å². The number of para-hydroxylation sites is 1. The minimum atomic E-state index is -1.31. The number of nitrogens with one attached hydrogen (secondary N) is 1. The maximum absolute atomic E-state index is 11.7. The molecule has 2 N–H and O–H groups in total. The minimum absolute atomic E-state index is 0.110. The molecule has 6 heteroatoms. The van der Waals surface area contributed by atoms with E-state index >= 15 is 0 Å². The Hall–Kier alpha value is -2.63. The first-order valence-corrected chi connectivity index (χ1v) is 4.72. The number of aromatic carboxylic acids is 1. The van der Waals surface area contributed by atoms with Crippen molar-refractivity contribution in [3.63, 3.8) is 0 Å². The molecule has 0 saturated heterocycles. The SMILES string of the molecule is O=C(Nc1ccccc1)c1conc1C(=O)O. The van der Waals surface area contributed by atoms with E-state index in [2.05, 4.69) is 15.0 Å². The van der Waals surface area contributed by atoms with Crippen LogP contribution in [-0.4, -0.2) is 22.1 Å². The molecular weight excluding hydrogens is 224 g/mol. The predicted octanol–water partition coefficient (Wildman–Crippen LogP) is 1.63. The van der Waals surface area contributed by atoms with E-state index in [0.717, 1.165) is 6.26 Å². The fourth-order valence-electron chi connectivity index (χ4n) is 1.27. The summed E-state index contributed by atoms with van der Waals surface area (Å²) in [6.07, 6.45) is 1.00. The Balaban J connectivity index is 2.21. The fraction of sp³-hybridized carbons (Fsp3) is 0. The Morgan fingerprint density at radius 1 is 1.24 bits per heavy atom. The average molecular weight is 232 g/mol. The number of anilines is 1. The number of nitrogens with zero attached hydrogens (tertiary/aromatic N) is 1. The molecule has 0 saturated carbocycles. The van der Waals surface area contributed by atoms with Gasteiger partial charge in [0, 0.05) is 5.69 Å². The summed E-state index contributed by atoms with van der Waals surface area (Å²) >= 11 is 0. The third-order valence-electron chi connectivity index (χ3n) is 2.05. The summed E-state index contributed by atoms with van der Waals surface area (Å²) in [5.74, 6) is -1.88. The molecule has 2 aromatic rings.